The number of aliphatic hydroxyl groups is 6. The molecule has 10 nitrogen and oxygen atoms in total. The first-order valence-corrected chi connectivity index (χ1v) is 17.5. The predicted molar refractivity (Wildman–Crippen MR) is 182 cm³/mol. The van der Waals surface area contributed by atoms with Gasteiger partial charge in [0.2, 0.25) is 0 Å². The molecule has 278 valence electrons. The Labute approximate surface area is 281 Å². The fraction of sp³-hybridized carbons (Fsp3) is 1.00. The van der Waals surface area contributed by atoms with E-state index in [-0.39, 0.29) is 44.6 Å². The van der Waals surface area contributed by atoms with Gasteiger partial charge in [0.25, 0.3) is 5.97 Å². The number of ether oxygens (including phenoxy) is 4. The number of rotatable bonds is 21. The van der Waals surface area contributed by atoms with Crippen LogP contribution >= 0.6 is 0 Å². The molecule has 0 spiro atoms. The lowest BCUT2D eigenvalue weighted by molar-refractivity contribution is -0.440. The van der Waals surface area contributed by atoms with E-state index in [0.717, 1.165) is 0 Å². The minimum Gasteiger partial charge on any atom is -0.390 e. The van der Waals surface area contributed by atoms with Crippen LogP contribution in [-0.2, 0) is 18.9 Å². The maximum atomic E-state index is 12.5. The first-order valence-electron chi connectivity index (χ1n) is 17.5. The summed E-state index contributed by atoms with van der Waals surface area (Å²) in [5.74, 6) is -4.34. The largest absolute Gasteiger partial charge is 0.390 e. The molecule has 0 radical (unpaired) electrons. The van der Waals surface area contributed by atoms with E-state index in [1.54, 1.807) is 41.5 Å². The van der Waals surface area contributed by atoms with Gasteiger partial charge in [-0.05, 0) is 69.6 Å². The SMILES string of the molecule is CCC(OC(CC(O)(CC)C(CC)OC(C)(O)C(O)(CC)CC)(OCC(C)(O)C(C)C)OC(C)C(O)C(C)(C)C)C(O)C(C)(C)C. The standard InChI is InChI=1S/C36H74O10/c1-17-26(29(38)31(12,13)14)45-36(43-23-32(15,39)24(6)7,44-25(8)28(37)30(9,10)11)22-34(41,19-3)27(18-2)46-33(16,40)35(42,20-4)21-5/h24-29,37-42H,17-23H2,1-16H3. The lowest BCUT2D eigenvalue weighted by Gasteiger charge is -2.49. The van der Waals surface area contributed by atoms with Gasteiger partial charge in [0, 0.05) is 0 Å². The molecule has 0 saturated carbocycles. The molecule has 6 N–H and O–H groups in total. The third kappa shape index (κ3) is 11.9. The van der Waals surface area contributed by atoms with E-state index >= 15 is 0 Å². The Hall–Kier alpha value is -0.400. The highest BCUT2D eigenvalue weighted by Crippen LogP contribution is 2.42. The van der Waals surface area contributed by atoms with Crippen molar-refractivity contribution >= 4 is 0 Å². The van der Waals surface area contributed by atoms with Crippen molar-refractivity contribution in [2.24, 2.45) is 16.7 Å². The van der Waals surface area contributed by atoms with Crippen LogP contribution in [-0.4, -0.2) is 96.3 Å². The summed E-state index contributed by atoms with van der Waals surface area (Å²) in [5, 5.41) is 69.1. The summed E-state index contributed by atoms with van der Waals surface area (Å²) in [6, 6.07) is 0. The molecule has 0 rings (SSSR count). The Balaban J connectivity index is 7.43. The molecule has 0 aromatic heterocycles. The quantitative estimate of drug-likeness (QED) is 0.0844. The fourth-order valence-corrected chi connectivity index (χ4v) is 5.57. The molecular weight excluding hydrogens is 592 g/mol. The molecule has 0 aliphatic rings. The maximum absolute atomic E-state index is 12.5. The highest BCUT2D eigenvalue weighted by Gasteiger charge is 2.54. The summed E-state index contributed by atoms with van der Waals surface area (Å²) in [5.41, 5.74) is -5.87. The van der Waals surface area contributed by atoms with Gasteiger partial charge < -0.3 is 49.6 Å². The van der Waals surface area contributed by atoms with Crippen LogP contribution < -0.4 is 0 Å². The van der Waals surface area contributed by atoms with Crippen molar-refractivity contribution in [2.45, 2.75) is 208 Å². The molecule has 10 heteroatoms. The van der Waals surface area contributed by atoms with Crippen LogP contribution in [0.3, 0.4) is 0 Å². The molecule has 0 aromatic rings. The molecule has 9 unspecified atom stereocenters. The Morgan fingerprint density at radius 2 is 1.09 bits per heavy atom. The molecule has 0 amide bonds. The third-order valence-electron chi connectivity index (χ3n) is 10.0. The van der Waals surface area contributed by atoms with Crippen molar-refractivity contribution in [3.05, 3.63) is 0 Å². The zero-order valence-corrected chi connectivity index (χ0v) is 32.2. The highest BCUT2D eigenvalue weighted by molar-refractivity contribution is 4.96. The van der Waals surface area contributed by atoms with E-state index in [9.17, 15) is 30.6 Å². The summed E-state index contributed by atoms with van der Waals surface area (Å²) in [4.78, 5) is 0. The van der Waals surface area contributed by atoms with Crippen molar-refractivity contribution in [1.82, 2.24) is 0 Å². The molecule has 0 aromatic carbocycles. The van der Waals surface area contributed by atoms with Gasteiger partial charge in [0.05, 0.1) is 54.7 Å². The summed E-state index contributed by atoms with van der Waals surface area (Å²) in [6.07, 6.45) is -3.96. The zero-order chi connectivity index (χ0) is 36.7. The van der Waals surface area contributed by atoms with Gasteiger partial charge >= 0.3 is 0 Å². The Morgan fingerprint density at radius 3 is 1.43 bits per heavy atom. The normalized spacial score (nSPS) is 22.2. The summed E-state index contributed by atoms with van der Waals surface area (Å²) in [6.45, 7) is 28.4. The highest BCUT2D eigenvalue weighted by atomic mass is 16.9. The second-order valence-corrected chi connectivity index (χ2v) is 16.4. The molecule has 46 heavy (non-hydrogen) atoms. The van der Waals surface area contributed by atoms with E-state index in [1.807, 2.05) is 62.3 Å². The molecule has 0 heterocycles. The summed E-state index contributed by atoms with van der Waals surface area (Å²) < 4.78 is 25.9. The average Bonchev–Trinajstić information content (AvgIpc) is 2.95. The Bertz CT molecular complexity index is 873. The molecular formula is C36H74O10. The molecule has 0 saturated heterocycles. The Morgan fingerprint density at radius 1 is 0.609 bits per heavy atom. The van der Waals surface area contributed by atoms with Gasteiger partial charge in [0.15, 0.2) is 5.79 Å². The average molecular weight is 667 g/mol. The molecule has 0 bridgehead atoms. The van der Waals surface area contributed by atoms with Crippen LogP contribution in [0.4, 0.5) is 0 Å². The Kier molecular flexibility index (Phi) is 16.9. The topological polar surface area (TPSA) is 158 Å². The number of aliphatic hydroxyl groups excluding tert-OH is 2. The minimum atomic E-state index is -2.10. The lowest BCUT2D eigenvalue weighted by atomic mass is 9.83. The van der Waals surface area contributed by atoms with Crippen molar-refractivity contribution in [3.63, 3.8) is 0 Å². The van der Waals surface area contributed by atoms with Crippen LogP contribution in [0.1, 0.15) is 149 Å². The van der Waals surface area contributed by atoms with Crippen LogP contribution in [0.25, 0.3) is 0 Å². The predicted octanol–water partition coefficient (Wildman–Crippen LogP) is 5.66. The van der Waals surface area contributed by atoms with Crippen LogP contribution in [0.2, 0.25) is 0 Å². The molecule has 0 aliphatic heterocycles. The van der Waals surface area contributed by atoms with E-state index in [2.05, 4.69) is 0 Å². The second-order valence-electron chi connectivity index (χ2n) is 16.4. The van der Waals surface area contributed by atoms with Gasteiger partial charge in [-0.2, -0.15) is 0 Å². The maximum Gasteiger partial charge on any atom is 0.286 e. The zero-order valence-electron chi connectivity index (χ0n) is 32.2. The van der Waals surface area contributed by atoms with E-state index in [4.69, 9.17) is 18.9 Å². The van der Waals surface area contributed by atoms with E-state index < -0.39 is 69.9 Å². The van der Waals surface area contributed by atoms with Gasteiger partial charge in [-0.1, -0.05) is 90.0 Å². The van der Waals surface area contributed by atoms with Crippen molar-refractivity contribution in [3.8, 4) is 0 Å². The van der Waals surface area contributed by atoms with E-state index in [1.165, 1.54) is 6.92 Å². The smallest absolute Gasteiger partial charge is 0.286 e. The monoisotopic (exact) mass is 667 g/mol. The van der Waals surface area contributed by atoms with Crippen LogP contribution in [0.15, 0.2) is 0 Å². The molecule has 9 atom stereocenters. The fourth-order valence-electron chi connectivity index (χ4n) is 5.57. The van der Waals surface area contributed by atoms with Gasteiger partial charge in [-0.15, -0.1) is 0 Å². The van der Waals surface area contributed by atoms with Crippen LogP contribution in [0.5, 0.6) is 0 Å². The van der Waals surface area contributed by atoms with Crippen molar-refractivity contribution in [1.29, 1.82) is 0 Å². The van der Waals surface area contributed by atoms with Gasteiger partial charge in [-0.3, -0.25) is 0 Å². The summed E-state index contributed by atoms with van der Waals surface area (Å²) in [7, 11) is 0. The third-order valence-corrected chi connectivity index (χ3v) is 10.0. The van der Waals surface area contributed by atoms with Crippen molar-refractivity contribution in [2.75, 3.05) is 6.61 Å². The lowest BCUT2D eigenvalue weighted by Crippen LogP contribution is -2.61. The summed E-state index contributed by atoms with van der Waals surface area (Å²) >= 11 is 0. The molecule has 0 aliphatic carbocycles. The minimum absolute atomic E-state index is 0.103. The molecule has 0 fully saturated rings. The van der Waals surface area contributed by atoms with Gasteiger partial charge in [0.1, 0.15) is 5.60 Å². The number of hydrogen-bond acceptors (Lipinski definition) is 10. The van der Waals surface area contributed by atoms with Crippen LogP contribution in [0, 0.1) is 16.7 Å². The number of hydrogen-bond donors (Lipinski definition) is 6. The first-order chi connectivity index (χ1) is 20.6. The second kappa shape index (κ2) is 17.0. The van der Waals surface area contributed by atoms with Gasteiger partial charge in [-0.25, -0.2) is 0 Å². The van der Waals surface area contributed by atoms with E-state index in [0.29, 0.717) is 6.42 Å². The first kappa shape index (κ1) is 45.6. The van der Waals surface area contributed by atoms with Crippen molar-refractivity contribution < 1.29 is 49.6 Å².